The van der Waals surface area contributed by atoms with Crippen molar-refractivity contribution in [1.29, 1.82) is 0 Å². The van der Waals surface area contributed by atoms with Gasteiger partial charge in [0.05, 0.1) is 30.8 Å². The van der Waals surface area contributed by atoms with Crippen molar-refractivity contribution >= 4 is 17.5 Å². The molecule has 0 saturated carbocycles. The summed E-state index contributed by atoms with van der Waals surface area (Å²) < 4.78 is 10.2. The standard InChI is InChI=1S/C17H15NO6/c1-23-16-9-12(14(18(21)22)10-17(16)24-2)5-8-15(20)11-3-6-13(19)7-4-11/h3-10,19H,1-2H3. The lowest BCUT2D eigenvalue weighted by Crippen LogP contribution is -1.98. The van der Waals surface area contributed by atoms with Gasteiger partial charge in [-0.2, -0.15) is 0 Å². The van der Waals surface area contributed by atoms with Gasteiger partial charge in [0.2, 0.25) is 0 Å². The number of ketones is 1. The molecule has 7 nitrogen and oxygen atoms in total. The lowest BCUT2D eigenvalue weighted by atomic mass is 10.1. The van der Waals surface area contributed by atoms with Gasteiger partial charge < -0.3 is 14.6 Å². The molecule has 2 rings (SSSR count). The summed E-state index contributed by atoms with van der Waals surface area (Å²) in [6, 6.07) is 8.37. The van der Waals surface area contributed by atoms with E-state index in [2.05, 4.69) is 0 Å². The van der Waals surface area contributed by atoms with Gasteiger partial charge in [0, 0.05) is 5.56 Å². The zero-order valence-corrected chi connectivity index (χ0v) is 13.1. The minimum absolute atomic E-state index is 0.0473. The summed E-state index contributed by atoms with van der Waals surface area (Å²) in [6.07, 6.45) is 2.57. The zero-order valence-electron chi connectivity index (χ0n) is 13.1. The molecule has 0 aliphatic heterocycles. The molecule has 0 fully saturated rings. The van der Waals surface area contributed by atoms with Crippen molar-refractivity contribution in [3.63, 3.8) is 0 Å². The number of phenolic OH excluding ortho intramolecular Hbond substituents is 1. The third-order valence-corrected chi connectivity index (χ3v) is 3.30. The SMILES string of the molecule is COc1cc(C=CC(=O)c2ccc(O)cc2)c([N+](=O)[O-])cc1OC. The van der Waals surface area contributed by atoms with E-state index in [9.17, 15) is 20.0 Å². The van der Waals surface area contributed by atoms with Crippen LogP contribution in [0.15, 0.2) is 42.5 Å². The van der Waals surface area contributed by atoms with Crippen LogP contribution in [0.5, 0.6) is 17.2 Å². The molecule has 0 atom stereocenters. The molecule has 0 spiro atoms. The summed E-state index contributed by atoms with van der Waals surface area (Å²) >= 11 is 0. The van der Waals surface area contributed by atoms with Crippen LogP contribution in [0.4, 0.5) is 5.69 Å². The van der Waals surface area contributed by atoms with Gasteiger partial charge in [-0.1, -0.05) is 0 Å². The predicted octanol–water partition coefficient (Wildman–Crippen LogP) is 3.21. The fraction of sp³-hybridized carbons (Fsp3) is 0.118. The van der Waals surface area contributed by atoms with E-state index in [1.165, 1.54) is 62.8 Å². The Bertz CT molecular complexity index is 795. The van der Waals surface area contributed by atoms with Crippen molar-refractivity contribution in [3.8, 4) is 17.2 Å². The van der Waals surface area contributed by atoms with Crippen LogP contribution in [0, 0.1) is 10.1 Å². The van der Waals surface area contributed by atoms with Crippen LogP contribution in [0.2, 0.25) is 0 Å². The number of nitro groups is 1. The molecule has 0 aliphatic rings. The minimum atomic E-state index is -0.563. The number of rotatable bonds is 6. The first-order valence-corrected chi connectivity index (χ1v) is 6.88. The van der Waals surface area contributed by atoms with Crippen LogP contribution in [-0.4, -0.2) is 30.0 Å². The molecule has 0 unspecified atom stereocenters. The highest BCUT2D eigenvalue weighted by Crippen LogP contribution is 2.35. The molecule has 0 bridgehead atoms. The highest BCUT2D eigenvalue weighted by molar-refractivity contribution is 6.07. The van der Waals surface area contributed by atoms with Crippen LogP contribution in [0.3, 0.4) is 0 Å². The average Bonchev–Trinajstić information content (AvgIpc) is 2.59. The average molecular weight is 329 g/mol. The molecule has 0 saturated heterocycles. The summed E-state index contributed by atoms with van der Waals surface area (Å²) in [6.45, 7) is 0. The number of carbonyl (C=O) groups is 1. The number of aromatic hydroxyl groups is 1. The number of benzene rings is 2. The third-order valence-electron chi connectivity index (χ3n) is 3.30. The van der Waals surface area contributed by atoms with Crippen molar-refractivity contribution in [3.05, 3.63) is 63.7 Å². The predicted molar refractivity (Wildman–Crippen MR) is 87.7 cm³/mol. The second kappa shape index (κ2) is 7.28. The van der Waals surface area contributed by atoms with Crippen molar-refractivity contribution in [2.75, 3.05) is 14.2 Å². The Morgan fingerprint density at radius 3 is 2.25 bits per heavy atom. The molecule has 2 aromatic carbocycles. The monoisotopic (exact) mass is 329 g/mol. The fourth-order valence-corrected chi connectivity index (χ4v) is 2.06. The third kappa shape index (κ3) is 3.70. The Labute approximate surface area is 137 Å². The molecule has 0 aliphatic carbocycles. The summed E-state index contributed by atoms with van der Waals surface area (Å²) in [7, 11) is 2.80. The first-order chi connectivity index (χ1) is 11.5. The molecule has 24 heavy (non-hydrogen) atoms. The smallest absolute Gasteiger partial charge is 0.280 e. The van der Waals surface area contributed by atoms with Gasteiger partial charge in [-0.3, -0.25) is 14.9 Å². The molecule has 0 aromatic heterocycles. The Balaban J connectivity index is 2.38. The van der Waals surface area contributed by atoms with Crippen molar-refractivity contribution in [1.82, 2.24) is 0 Å². The van der Waals surface area contributed by atoms with Crippen LogP contribution in [0.25, 0.3) is 6.08 Å². The second-order valence-corrected chi connectivity index (χ2v) is 4.77. The summed E-state index contributed by atoms with van der Waals surface area (Å²) in [5.74, 6) is 0.246. The molecule has 124 valence electrons. The molecule has 0 radical (unpaired) electrons. The Kier molecular flexibility index (Phi) is 5.16. The number of nitrogens with zero attached hydrogens (tertiary/aromatic N) is 1. The quantitative estimate of drug-likeness (QED) is 0.378. The number of phenols is 1. The number of hydrogen-bond donors (Lipinski definition) is 1. The largest absolute Gasteiger partial charge is 0.508 e. The van der Waals surface area contributed by atoms with Gasteiger partial charge in [0.25, 0.3) is 5.69 Å². The van der Waals surface area contributed by atoms with Crippen LogP contribution >= 0.6 is 0 Å². The van der Waals surface area contributed by atoms with E-state index in [1.54, 1.807) is 0 Å². The number of allylic oxidation sites excluding steroid dienone is 1. The maximum atomic E-state index is 12.1. The van der Waals surface area contributed by atoms with E-state index in [0.29, 0.717) is 11.3 Å². The van der Waals surface area contributed by atoms with Gasteiger partial charge in [0.15, 0.2) is 17.3 Å². The fourth-order valence-electron chi connectivity index (χ4n) is 2.06. The van der Waals surface area contributed by atoms with Crippen molar-refractivity contribution in [2.45, 2.75) is 0 Å². The molecule has 0 amide bonds. The van der Waals surface area contributed by atoms with E-state index >= 15 is 0 Å². The number of hydrogen-bond acceptors (Lipinski definition) is 6. The van der Waals surface area contributed by atoms with Gasteiger partial charge in [0.1, 0.15) is 5.75 Å². The van der Waals surface area contributed by atoms with Crippen LogP contribution in [0.1, 0.15) is 15.9 Å². The number of ether oxygens (including phenoxy) is 2. The number of carbonyl (C=O) groups excluding carboxylic acids is 1. The molecular weight excluding hydrogens is 314 g/mol. The zero-order chi connectivity index (χ0) is 17.7. The maximum Gasteiger partial charge on any atom is 0.280 e. The van der Waals surface area contributed by atoms with Gasteiger partial charge in [-0.15, -0.1) is 0 Å². The number of methoxy groups -OCH3 is 2. The maximum absolute atomic E-state index is 12.1. The highest BCUT2D eigenvalue weighted by atomic mass is 16.6. The molecular formula is C17H15NO6. The van der Waals surface area contributed by atoms with Crippen molar-refractivity contribution < 1.29 is 24.3 Å². The van der Waals surface area contributed by atoms with E-state index < -0.39 is 4.92 Å². The highest BCUT2D eigenvalue weighted by Gasteiger charge is 2.18. The summed E-state index contributed by atoms with van der Waals surface area (Å²) in [4.78, 5) is 22.7. The van der Waals surface area contributed by atoms with Crippen LogP contribution < -0.4 is 9.47 Å². The molecule has 7 heteroatoms. The van der Waals surface area contributed by atoms with Gasteiger partial charge >= 0.3 is 0 Å². The van der Waals surface area contributed by atoms with Gasteiger partial charge in [-0.25, -0.2) is 0 Å². The summed E-state index contributed by atoms with van der Waals surface area (Å²) in [5.41, 5.74) is 0.361. The Morgan fingerprint density at radius 2 is 1.71 bits per heavy atom. The first-order valence-electron chi connectivity index (χ1n) is 6.88. The van der Waals surface area contributed by atoms with Gasteiger partial charge in [-0.05, 0) is 42.5 Å². The van der Waals surface area contributed by atoms with Crippen LogP contribution in [-0.2, 0) is 0 Å². The van der Waals surface area contributed by atoms with Crippen molar-refractivity contribution in [2.24, 2.45) is 0 Å². The topological polar surface area (TPSA) is 98.9 Å². The van der Waals surface area contributed by atoms with E-state index in [1.807, 2.05) is 0 Å². The lowest BCUT2D eigenvalue weighted by molar-refractivity contribution is -0.385. The molecule has 2 aromatic rings. The molecule has 1 N–H and O–H groups in total. The Hall–Kier alpha value is -3.35. The number of nitro benzene ring substituents is 1. The van der Waals surface area contributed by atoms with E-state index in [4.69, 9.17) is 9.47 Å². The van der Waals surface area contributed by atoms with E-state index in [0.717, 1.165) is 0 Å². The normalized spacial score (nSPS) is 10.6. The minimum Gasteiger partial charge on any atom is -0.508 e. The lowest BCUT2D eigenvalue weighted by Gasteiger charge is -2.08. The first kappa shape index (κ1) is 17.0. The Morgan fingerprint density at radius 1 is 1.12 bits per heavy atom. The molecule has 0 heterocycles. The van der Waals surface area contributed by atoms with E-state index in [-0.39, 0.29) is 28.5 Å². The second-order valence-electron chi connectivity index (χ2n) is 4.77. The summed E-state index contributed by atoms with van der Waals surface area (Å²) in [5, 5.41) is 20.4.